The molecule has 0 aliphatic carbocycles. The van der Waals surface area contributed by atoms with E-state index in [0.29, 0.717) is 17.9 Å². The van der Waals surface area contributed by atoms with Gasteiger partial charge in [-0.2, -0.15) is 13.2 Å². The van der Waals surface area contributed by atoms with Crippen LogP contribution >= 0.6 is 11.3 Å². The van der Waals surface area contributed by atoms with Gasteiger partial charge in [0.2, 0.25) is 0 Å². The minimum absolute atomic E-state index is 0.128. The number of benzene rings is 2. The third-order valence-corrected chi connectivity index (χ3v) is 7.00. The molecule has 2 aromatic carbocycles. The van der Waals surface area contributed by atoms with Crippen LogP contribution in [0.1, 0.15) is 46.8 Å². The first-order valence-electron chi connectivity index (χ1n) is 10.4. The van der Waals surface area contributed by atoms with Crippen molar-refractivity contribution < 1.29 is 18.0 Å². The number of thiophene rings is 1. The van der Waals surface area contributed by atoms with Crippen molar-refractivity contribution >= 4 is 44.1 Å². The molecule has 4 nitrogen and oxygen atoms in total. The van der Waals surface area contributed by atoms with E-state index < -0.39 is 11.7 Å². The molecule has 1 aliphatic heterocycles. The van der Waals surface area contributed by atoms with Crippen molar-refractivity contribution in [3.63, 3.8) is 0 Å². The maximum Gasteiger partial charge on any atom is 0.416 e. The number of likely N-dealkylation sites (tertiary alicyclic amines) is 1. The van der Waals surface area contributed by atoms with Crippen molar-refractivity contribution in [1.82, 2.24) is 9.88 Å². The van der Waals surface area contributed by atoms with Crippen molar-refractivity contribution in [3.8, 4) is 0 Å². The second-order valence-electron chi connectivity index (χ2n) is 8.02. The third kappa shape index (κ3) is 3.58. The smallest absolute Gasteiger partial charge is 0.382 e. The zero-order valence-electron chi connectivity index (χ0n) is 17.0. The van der Waals surface area contributed by atoms with E-state index in [2.05, 4.69) is 4.98 Å². The molecule has 3 heterocycles. The van der Waals surface area contributed by atoms with Crippen LogP contribution in [0.5, 0.6) is 0 Å². The molecule has 32 heavy (non-hydrogen) atoms. The van der Waals surface area contributed by atoms with Crippen molar-refractivity contribution in [3.05, 3.63) is 70.6 Å². The second kappa shape index (κ2) is 7.78. The molecule has 0 spiro atoms. The van der Waals surface area contributed by atoms with E-state index in [-0.39, 0.29) is 11.9 Å². The van der Waals surface area contributed by atoms with Crippen LogP contribution in [0.4, 0.5) is 19.0 Å². The fourth-order valence-corrected chi connectivity index (χ4v) is 5.28. The van der Waals surface area contributed by atoms with Gasteiger partial charge in [0.1, 0.15) is 5.82 Å². The molecular formula is C24H20F3N3OS. The SMILES string of the molecule is Nc1nc2ccc(C(=O)N3CCCC[C@@H]3c3ccc(C(F)(F)F)cc3)cc2c2ccsc12. The Balaban J connectivity index is 1.50. The summed E-state index contributed by atoms with van der Waals surface area (Å²) in [7, 11) is 0. The number of halogens is 3. The Hall–Kier alpha value is -3.13. The van der Waals surface area contributed by atoms with Gasteiger partial charge in [-0.15, -0.1) is 11.3 Å². The van der Waals surface area contributed by atoms with Crippen LogP contribution in [0, 0.1) is 0 Å². The summed E-state index contributed by atoms with van der Waals surface area (Å²) < 4.78 is 39.7. The molecule has 1 saturated heterocycles. The summed E-state index contributed by atoms with van der Waals surface area (Å²) in [5.41, 5.74) is 7.36. The van der Waals surface area contributed by atoms with Gasteiger partial charge in [-0.25, -0.2) is 4.98 Å². The van der Waals surface area contributed by atoms with Crippen LogP contribution in [0.15, 0.2) is 53.9 Å². The van der Waals surface area contributed by atoms with E-state index in [1.54, 1.807) is 17.0 Å². The molecule has 0 radical (unpaired) electrons. The van der Waals surface area contributed by atoms with Crippen molar-refractivity contribution in [2.75, 3.05) is 12.3 Å². The Morgan fingerprint density at radius 1 is 1.06 bits per heavy atom. The number of nitrogen functional groups attached to an aromatic ring is 1. The fraction of sp³-hybridized carbons (Fsp3) is 0.250. The number of alkyl halides is 3. The van der Waals surface area contributed by atoms with Crippen LogP contribution in [0.2, 0.25) is 0 Å². The predicted octanol–water partition coefficient (Wildman–Crippen LogP) is 6.42. The van der Waals surface area contributed by atoms with Crippen LogP contribution in [-0.2, 0) is 6.18 Å². The third-order valence-electron chi connectivity index (χ3n) is 6.06. The first kappa shape index (κ1) is 20.8. The molecule has 0 unspecified atom stereocenters. The maximum absolute atomic E-state index is 13.5. The van der Waals surface area contributed by atoms with Crippen molar-refractivity contribution in [2.45, 2.75) is 31.5 Å². The minimum Gasteiger partial charge on any atom is -0.382 e. The lowest BCUT2D eigenvalue weighted by Crippen LogP contribution is -2.38. The largest absolute Gasteiger partial charge is 0.416 e. The van der Waals surface area contributed by atoms with Crippen molar-refractivity contribution in [2.24, 2.45) is 0 Å². The van der Waals surface area contributed by atoms with E-state index in [4.69, 9.17) is 5.73 Å². The number of hydrogen-bond acceptors (Lipinski definition) is 4. The number of aromatic nitrogens is 1. The topological polar surface area (TPSA) is 59.2 Å². The quantitative estimate of drug-likeness (QED) is 0.380. The van der Waals surface area contributed by atoms with Crippen LogP contribution in [0.3, 0.4) is 0 Å². The molecule has 1 fully saturated rings. The molecule has 0 saturated carbocycles. The average molecular weight is 456 g/mol. The van der Waals surface area contributed by atoms with E-state index in [0.717, 1.165) is 57.9 Å². The molecule has 164 valence electrons. The Morgan fingerprint density at radius 2 is 1.84 bits per heavy atom. The summed E-state index contributed by atoms with van der Waals surface area (Å²) in [6.07, 6.45) is -1.87. The van der Waals surface area contributed by atoms with Gasteiger partial charge in [-0.3, -0.25) is 4.79 Å². The molecule has 8 heteroatoms. The van der Waals surface area contributed by atoms with E-state index in [9.17, 15) is 18.0 Å². The first-order valence-corrected chi connectivity index (χ1v) is 11.3. The van der Waals surface area contributed by atoms with Gasteiger partial charge in [0.15, 0.2) is 0 Å². The summed E-state index contributed by atoms with van der Waals surface area (Å²) in [6.45, 7) is 0.566. The zero-order valence-corrected chi connectivity index (χ0v) is 17.8. The molecule has 1 amide bonds. The molecule has 2 N–H and O–H groups in total. The average Bonchev–Trinajstić information content (AvgIpc) is 3.29. The molecular weight excluding hydrogens is 435 g/mol. The van der Waals surface area contributed by atoms with E-state index in [1.807, 2.05) is 17.5 Å². The maximum atomic E-state index is 13.5. The number of hydrogen-bond donors (Lipinski definition) is 1. The van der Waals surface area contributed by atoms with Gasteiger partial charge < -0.3 is 10.6 Å². The highest BCUT2D eigenvalue weighted by molar-refractivity contribution is 7.18. The lowest BCUT2D eigenvalue weighted by Gasteiger charge is -2.36. The number of nitrogens with zero attached hydrogens (tertiary/aromatic N) is 2. The fourth-order valence-electron chi connectivity index (χ4n) is 4.46. The highest BCUT2D eigenvalue weighted by Crippen LogP contribution is 2.36. The van der Waals surface area contributed by atoms with Gasteiger partial charge in [0.25, 0.3) is 5.91 Å². The minimum atomic E-state index is -4.38. The van der Waals surface area contributed by atoms with Gasteiger partial charge >= 0.3 is 6.18 Å². The van der Waals surface area contributed by atoms with E-state index in [1.165, 1.54) is 23.5 Å². The first-order chi connectivity index (χ1) is 15.3. The number of piperidine rings is 1. The summed E-state index contributed by atoms with van der Waals surface area (Å²) in [5, 5.41) is 3.77. The predicted molar refractivity (Wildman–Crippen MR) is 121 cm³/mol. The number of nitrogens with two attached hydrogens (primary N) is 1. The van der Waals surface area contributed by atoms with Crippen LogP contribution < -0.4 is 5.73 Å². The number of pyridine rings is 1. The molecule has 1 atom stereocenters. The van der Waals surface area contributed by atoms with Gasteiger partial charge in [0.05, 0.1) is 21.8 Å². The van der Waals surface area contributed by atoms with Gasteiger partial charge in [-0.05, 0) is 66.6 Å². The van der Waals surface area contributed by atoms with Crippen LogP contribution in [0.25, 0.3) is 21.0 Å². The van der Waals surface area contributed by atoms with Gasteiger partial charge in [0, 0.05) is 22.9 Å². The summed E-state index contributed by atoms with van der Waals surface area (Å²) in [4.78, 5) is 19.7. The number of anilines is 1. The molecule has 4 aromatic rings. The number of fused-ring (bicyclic) bond motifs is 3. The Kier molecular flexibility index (Phi) is 5.04. The summed E-state index contributed by atoms with van der Waals surface area (Å²) >= 11 is 1.51. The number of amides is 1. The lowest BCUT2D eigenvalue weighted by atomic mass is 9.93. The number of carbonyl (C=O) groups excluding carboxylic acids is 1. The van der Waals surface area contributed by atoms with Crippen molar-refractivity contribution in [1.29, 1.82) is 0 Å². The standard InChI is InChI=1S/C24H20F3N3OS/c25-24(26,27)16-7-4-14(5-8-16)20-3-1-2-11-30(20)23(31)15-6-9-19-18(13-15)17-10-12-32-21(17)22(28)29-19/h4-10,12-13,20H,1-3,11H2,(H2,28,29)/t20-/m1/s1. The summed E-state index contributed by atoms with van der Waals surface area (Å²) in [6, 6.07) is 12.3. The second-order valence-corrected chi connectivity index (χ2v) is 8.94. The molecule has 2 aromatic heterocycles. The van der Waals surface area contributed by atoms with E-state index >= 15 is 0 Å². The number of carbonyl (C=O) groups is 1. The molecule has 0 bridgehead atoms. The highest BCUT2D eigenvalue weighted by atomic mass is 32.1. The lowest BCUT2D eigenvalue weighted by molar-refractivity contribution is -0.137. The Morgan fingerprint density at radius 3 is 2.59 bits per heavy atom. The Bertz CT molecular complexity index is 1310. The van der Waals surface area contributed by atoms with Crippen LogP contribution in [-0.4, -0.2) is 22.3 Å². The molecule has 5 rings (SSSR count). The highest BCUT2D eigenvalue weighted by Gasteiger charge is 2.32. The zero-order chi connectivity index (χ0) is 22.5. The normalized spacial score (nSPS) is 17.2. The molecule has 1 aliphatic rings. The summed E-state index contributed by atoms with van der Waals surface area (Å²) in [5.74, 6) is 0.344. The Labute approximate surface area is 186 Å². The number of rotatable bonds is 2. The monoisotopic (exact) mass is 455 g/mol. The van der Waals surface area contributed by atoms with Gasteiger partial charge in [-0.1, -0.05) is 12.1 Å².